The Morgan fingerprint density at radius 2 is 1.89 bits per heavy atom. The van der Waals surface area contributed by atoms with Gasteiger partial charge in [-0.25, -0.2) is 9.97 Å². The van der Waals surface area contributed by atoms with E-state index in [2.05, 4.69) is 27.5 Å². The van der Waals surface area contributed by atoms with Crippen molar-refractivity contribution in [3.8, 4) is 11.1 Å². The van der Waals surface area contributed by atoms with E-state index in [1.54, 1.807) is 11.3 Å². The maximum Gasteiger partial charge on any atom is 0.149 e. The van der Waals surface area contributed by atoms with Crippen LogP contribution >= 0.6 is 34.5 Å². The first-order chi connectivity index (χ1) is 9.16. The van der Waals surface area contributed by atoms with Gasteiger partial charge in [0, 0.05) is 10.9 Å². The van der Waals surface area contributed by atoms with Gasteiger partial charge in [-0.1, -0.05) is 41.9 Å². The molecular formula is C14H10Cl2N2S. The van der Waals surface area contributed by atoms with Crippen molar-refractivity contribution in [3.63, 3.8) is 0 Å². The quantitative estimate of drug-likeness (QED) is 0.473. The monoisotopic (exact) mass is 308 g/mol. The SMILES string of the molecule is CC(Cl)c1nc(Cl)c2c(-c3ccccc3)csc2n1. The molecule has 0 saturated carbocycles. The average Bonchev–Trinajstić information content (AvgIpc) is 2.84. The predicted octanol–water partition coefficient (Wildman–Crippen LogP) is 5.31. The van der Waals surface area contributed by atoms with Gasteiger partial charge < -0.3 is 0 Å². The fourth-order valence-electron chi connectivity index (χ4n) is 1.92. The summed E-state index contributed by atoms with van der Waals surface area (Å²) in [7, 11) is 0. The van der Waals surface area contributed by atoms with Crippen LogP contribution in [0.5, 0.6) is 0 Å². The highest BCUT2D eigenvalue weighted by molar-refractivity contribution is 7.17. The zero-order valence-electron chi connectivity index (χ0n) is 10.1. The number of nitrogens with zero attached hydrogens (tertiary/aromatic N) is 2. The minimum Gasteiger partial charge on any atom is -0.220 e. The maximum absolute atomic E-state index is 6.30. The lowest BCUT2D eigenvalue weighted by Gasteiger charge is -2.04. The van der Waals surface area contributed by atoms with Crippen molar-refractivity contribution >= 4 is 44.8 Å². The molecule has 0 radical (unpaired) electrons. The molecule has 2 nitrogen and oxygen atoms in total. The van der Waals surface area contributed by atoms with Gasteiger partial charge in [0.25, 0.3) is 0 Å². The van der Waals surface area contributed by atoms with Crippen LogP contribution in [0, 0.1) is 0 Å². The lowest BCUT2D eigenvalue weighted by molar-refractivity contribution is 0.931. The first-order valence-corrected chi connectivity index (χ1v) is 7.50. The number of hydrogen-bond acceptors (Lipinski definition) is 3. The van der Waals surface area contributed by atoms with Crippen LogP contribution < -0.4 is 0 Å². The molecule has 0 fully saturated rings. The van der Waals surface area contributed by atoms with Crippen molar-refractivity contribution in [2.45, 2.75) is 12.3 Å². The molecule has 0 aliphatic carbocycles. The van der Waals surface area contributed by atoms with E-state index in [0.29, 0.717) is 11.0 Å². The van der Waals surface area contributed by atoms with E-state index >= 15 is 0 Å². The largest absolute Gasteiger partial charge is 0.220 e. The number of benzene rings is 1. The number of hydrogen-bond donors (Lipinski definition) is 0. The molecule has 5 heteroatoms. The van der Waals surface area contributed by atoms with Crippen molar-refractivity contribution in [3.05, 3.63) is 46.7 Å². The molecule has 0 saturated heterocycles. The van der Waals surface area contributed by atoms with Gasteiger partial charge in [0.1, 0.15) is 15.8 Å². The fourth-order valence-corrected chi connectivity index (χ4v) is 3.31. The Balaban J connectivity index is 2.24. The molecule has 1 atom stereocenters. The van der Waals surface area contributed by atoms with Gasteiger partial charge in [-0.2, -0.15) is 0 Å². The van der Waals surface area contributed by atoms with Gasteiger partial charge in [0.2, 0.25) is 0 Å². The van der Waals surface area contributed by atoms with Crippen molar-refractivity contribution in [1.82, 2.24) is 9.97 Å². The Kier molecular flexibility index (Phi) is 3.44. The highest BCUT2D eigenvalue weighted by atomic mass is 35.5. The standard InChI is InChI=1S/C14H10Cl2N2S/c1-8(15)13-17-12(16)11-10(7-19-14(11)18-13)9-5-3-2-4-6-9/h2-8H,1H3. The van der Waals surface area contributed by atoms with Crippen molar-refractivity contribution in [2.75, 3.05) is 0 Å². The number of alkyl halides is 1. The normalized spacial score (nSPS) is 12.8. The summed E-state index contributed by atoms with van der Waals surface area (Å²) in [6.45, 7) is 1.84. The molecule has 0 N–H and O–H groups in total. The molecule has 2 aromatic heterocycles. The third-order valence-electron chi connectivity index (χ3n) is 2.85. The van der Waals surface area contributed by atoms with Gasteiger partial charge in [0.15, 0.2) is 0 Å². The molecule has 1 unspecified atom stereocenters. The average molecular weight is 309 g/mol. The number of halogens is 2. The number of thiophene rings is 1. The highest BCUT2D eigenvalue weighted by Gasteiger charge is 2.15. The van der Waals surface area contributed by atoms with Crippen LogP contribution in [-0.4, -0.2) is 9.97 Å². The van der Waals surface area contributed by atoms with Crippen LogP contribution in [0.2, 0.25) is 5.15 Å². The number of rotatable bonds is 2. The molecule has 2 heterocycles. The molecule has 0 aliphatic rings. The minimum atomic E-state index is -0.246. The van der Waals surface area contributed by atoms with E-state index < -0.39 is 0 Å². The van der Waals surface area contributed by atoms with E-state index in [0.717, 1.165) is 21.3 Å². The topological polar surface area (TPSA) is 25.8 Å². The van der Waals surface area contributed by atoms with Crippen LogP contribution in [0.15, 0.2) is 35.7 Å². The van der Waals surface area contributed by atoms with Gasteiger partial charge >= 0.3 is 0 Å². The zero-order chi connectivity index (χ0) is 13.4. The molecule has 19 heavy (non-hydrogen) atoms. The van der Waals surface area contributed by atoms with Gasteiger partial charge in [0.05, 0.1) is 10.8 Å². The van der Waals surface area contributed by atoms with Crippen molar-refractivity contribution in [1.29, 1.82) is 0 Å². The van der Waals surface area contributed by atoms with Gasteiger partial charge in [-0.3, -0.25) is 0 Å². The summed E-state index contributed by atoms with van der Waals surface area (Å²) >= 11 is 13.9. The third-order valence-corrected chi connectivity index (χ3v) is 4.19. The number of fused-ring (bicyclic) bond motifs is 1. The van der Waals surface area contributed by atoms with Crippen molar-refractivity contribution < 1.29 is 0 Å². The van der Waals surface area contributed by atoms with Crippen LogP contribution in [0.1, 0.15) is 18.1 Å². The van der Waals surface area contributed by atoms with E-state index in [9.17, 15) is 0 Å². The molecule has 0 bridgehead atoms. The van der Waals surface area contributed by atoms with E-state index in [1.807, 2.05) is 25.1 Å². The predicted molar refractivity (Wildman–Crippen MR) is 82.1 cm³/mol. The molecule has 3 aromatic rings. The third kappa shape index (κ3) is 2.34. The first kappa shape index (κ1) is 12.9. The Hall–Kier alpha value is -1.16. The maximum atomic E-state index is 6.30. The molecule has 96 valence electrons. The molecule has 0 aliphatic heterocycles. The van der Waals surface area contributed by atoms with Crippen molar-refractivity contribution in [2.24, 2.45) is 0 Å². The molecule has 0 spiro atoms. The van der Waals surface area contributed by atoms with Gasteiger partial charge in [-0.15, -0.1) is 22.9 Å². The summed E-state index contributed by atoms with van der Waals surface area (Å²) in [5.74, 6) is 0.570. The second-order valence-electron chi connectivity index (χ2n) is 4.18. The zero-order valence-corrected chi connectivity index (χ0v) is 12.4. The molecule has 3 rings (SSSR count). The van der Waals surface area contributed by atoms with Crippen LogP contribution in [0.4, 0.5) is 0 Å². The Morgan fingerprint density at radius 1 is 1.16 bits per heavy atom. The molecular weight excluding hydrogens is 299 g/mol. The van der Waals surface area contributed by atoms with Crippen LogP contribution in [-0.2, 0) is 0 Å². The van der Waals surface area contributed by atoms with Crippen LogP contribution in [0.3, 0.4) is 0 Å². The van der Waals surface area contributed by atoms with E-state index in [-0.39, 0.29) is 5.38 Å². The summed E-state index contributed by atoms with van der Waals surface area (Å²) in [5, 5.41) is 3.18. The Bertz CT molecular complexity index is 723. The summed E-state index contributed by atoms with van der Waals surface area (Å²) in [6.07, 6.45) is 0. The van der Waals surface area contributed by atoms with Crippen LogP contribution in [0.25, 0.3) is 21.3 Å². The Labute approximate surface area is 125 Å². The lowest BCUT2D eigenvalue weighted by atomic mass is 10.1. The Morgan fingerprint density at radius 3 is 2.58 bits per heavy atom. The first-order valence-electron chi connectivity index (χ1n) is 5.81. The minimum absolute atomic E-state index is 0.246. The fraction of sp³-hybridized carbons (Fsp3) is 0.143. The van der Waals surface area contributed by atoms with E-state index in [4.69, 9.17) is 23.2 Å². The second-order valence-corrected chi connectivity index (χ2v) is 6.05. The smallest absolute Gasteiger partial charge is 0.149 e. The number of aromatic nitrogens is 2. The summed E-state index contributed by atoms with van der Waals surface area (Å²) < 4.78 is 0. The molecule has 0 amide bonds. The highest BCUT2D eigenvalue weighted by Crippen LogP contribution is 2.37. The lowest BCUT2D eigenvalue weighted by Crippen LogP contribution is -1.95. The summed E-state index contributed by atoms with van der Waals surface area (Å²) in [4.78, 5) is 9.64. The van der Waals surface area contributed by atoms with Gasteiger partial charge in [-0.05, 0) is 12.5 Å². The second kappa shape index (κ2) is 5.08. The summed E-state index contributed by atoms with van der Waals surface area (Å²) in [6, 6.07) is 10.1. The van der Waals surface area contributed by atoms with E-state index in [1.165, 1.54) is 0 Å². The summed E-state index contributed by atoms with van der Waals surface area (Å²) in [5.41, 5.74) is 2.19. The molecule has 1 aromatic carbocycles.